The molecule has 1 saturated heterocycles. The summed E-state index contributed by atoms with van der Waals surface area (Å²) in [5.74, 6) is -9.25. The number of benzene rings is 2. The SMILES string of the molecule is COCCOCCOCCOCCC(=O)NCCCC[C@H](NC(=O)[C@@H](NC(=O)CCN(CCC(=O)O)C(=O)CCC(=O)NCCS(=O)(=O)[O-])C(C)C)C(=O)NCc1ccc([C@H]2O[C@@H]2[C@@H](C)[C@@H]2C/C=C\C(=O)N[C@H](Cc3ccc(OC)c(Cl)c3)C(=O)NCC(C)(C)C(=O)O[C@@H](CC(C)C)C(=O)O2)cc1.[Na+]. The second-order valence-corrected chi connectivity index (χ2v) is 28.4. The Balaban J connectivity index is 0.0000281. The molecule has 0 spiro atoms. The molecule has 8 atom stereocenters. The number of cyclic esters (lactones) is 2. The van der Waals surface area contributed by atoms with Gasteiger partial charge in [0.15, 0.2) is 6.10 Å². The fourth-order valence-electron chi connectivity index (χ4n) is 10.5. The Labute approximate surface area is 635 Å². The summed E-state index contributed by atoms with van der Waals surface area (Å²) in [6, 6.07) is 8.70. The molecule has 104 heavy (non-hydrogen) atoms. The molecule has 1 fully saturated rings. The van der Waals surface area contributed by atoms with Crippen LogP contribution in [0.4, 0.5) is 0 Å². The third-order valence-corrected chi connectivity index (χ3v) is 17.6. The zero-order valence-corrected chi connectivity index (χ0v) is 64.9. The number of unbranched alkanes of at least 4 members (excludes halogenated alkanes) is 1. The molecule has 0 aromatic heterocycles. The molecule has 0 aliphatic carbocycles. The van der Waals surface area contributed by atoms with E-state index in [1.165, 1.54) is 19.3 Å². The van der Waals surface area contributed by atoms with Crippen LogP contribution in [-0.2, 0) is 109 Å². The first-order valence-electron chi connectivity index (χ1n) is 34.6. The second-order valence-electron chi connectivity index (χ2n) is 26.5. The first kappa shape index (κ1) is 91.4. The predicted octanol–water partition coefficient (Wildman–Crippen LogP) is -0.122. The summed E-state index contributed by atoms with van der Waals surface area (Å²) in [4.78, 5) is 148. The van der Waals surface area contributed by atoms with Gasteiger partial charge < -0.3 is 89.7 Å². The Morgan fingerprint density at radius 3 is 2.02 bits per heavy atom. The van der Waals surface area contributed by atoms with Gasteiger partial charge in [-0.2, -0.15) is 0 Å². The van der Waals surface area contributed by atoms with Crippen molar-refractivity contribution in [2.75, 3.05) is 98.9 Å². The second kappa shape index (κ2) is 47.7. The quantitative estimate of drug-likeness (QED) is 0.0141. The summed E-state index contributed by atoms with van der Waals surface area (Å²) < 4.78 is 77.6. The molecule has 0 saturated carbocycles. The minimum atomic E-state index is -4.61. The smallest absolute Gasteiger partial charge is 0.748 e. The van der Waals surface area contributed by atoms with Gasteiger partial charge in [0, 0.05) is 90.8 Å². The van der Waals surface area contributed by atoms with Crippen LogP contribution < -0.4 is 71.5 Å². The van der Waals surface area contributed by atoms with E-state index < -0.39 is 167 Å². The van der Waals surface area contributed by atoms with Crippen LogP contribution in [0.25, 0.3) is 0 Å². The molecule has 2 aromatic rings. The Hall–Kier alpha value is -6.85. The number of epoxide rings is 1. The van der Waals surface area contributed by atoms with Crippen molar-refractivity contribution in [3.63, 3.8) is 0 Å². The maximum atomic E-state index is 14.2. The van der Waals surface area contributed by atoms with Crippen LogP contribution in [0.1, 0.15) is 135 Å². The molecule has 0 bridgehead atoms. The van der Waals surface area contributed by atoms with E-state index in [1.54, 1.807) is 65.1 Å². The van der Waals surface area contributed by atoms with Crippen LogP contribution in [0.3, 0.4) is 0 Å². The predicted molar refractivity (Wildman–Crippen MR) is 373 cm³/mol. The molecule has 34 heteroatoms. The van der Waals surface area contributed by atoms with Crippen molar-refractivity contribution < 1.29 is 138 Å². The van der Waals surface area contributed by atoms with E-state index in [4.69, 9.17) is 49.5 Å². The first-order chi connectivity index (χ1) is 48.8. The number of carbonyl (C=O) groups is 11. The molecule has 0 unspecified atom stereocenters. The Morgan fingerprint density at radius 2 is 1.39 bits per heavy atom. The number of halogens is 1. The first-order valence-corrected chi connectivity index (χ1v) is 36.6. The molecular weight excluding hydrogens is 1410 g/mol. The third-order valence-electron chi connectivity index (χ3n) is 16.6. The summed E-state index contributed by atoms with van der Waals surface area (Å²) in [5.41, 5.74) is 0.702. The fourth-order valence-corrected chi connectivity index (χ4v) is 11.2. The third kappa shape index (κ3) is 35.5. The summed E-state index contributed by atoms with van der Waals surface area (Å²) in [6.07, 6.45) is -1.03. The Kier molecular flexibility index (Phi) is 41.9. The van der Waals surface area contributed by atoms with Crippen LogP contribution in [-0.4, -0.2) is 224 Å². The zero-order chi connectivity index (χ0) is 76.2. The maximum absolute atomic E-state index is 14.2. The summed E-state index contributed by atoms with van der Waals surface area (Å²) >= 11 is 6.41. The number of nitrogens with zero attached hydrogens (tertiary/aromatic N) is 1. The van der Waals surface area contributed by atoms with E-state index in [0.717, 1.165) is 10.5 Å². The maximum Gasteiger partial charge on any atom is 1.00 e. The summed E-state index contributed by atoms with van der Waals surface area (Å²) in [6.45, 7) is 13.4. The van der Waals surface area contributed by atoms with E-state index in [-0.39, 0.29) is 119 Å². The Morgan fingerprint density at radius 1 is 0.760 bits per heavy atom. The average molecular weight is 1520 g/mol. The van der Waals surface area contributed by atoms with Crippen molar-refractivity contribution in [1.29, 1.82) is 0 Å². The molecule has 8 N–H and O–H groups in total. The van der Waals surface area contributed by atoms with Gasteiger partial charge in [0.05, 0.1) is 92.2 Å². The molecule has 4 rings (SSSR count). The number of carbonyl (C=O) groups excluding carboxylic acids is 10. The number of hydrogen-bond acceptors (Lipinski definition) is 22. The van der Waals surface area contributed by atoms with E-state index in [2.05, 4.69) is 37.2 Å². The monoisotopic (exact) mass is 1510 g/mol. The minimum Gasteiger partial charge on any atom is -0.748 e. The van der Waals surface area contributed by atoms with Crippen molar-refractivity contribution in [2.24, 2.45) is 23.2 Å². The number of aliphatic carboxylic acids is 1. The minimum absolute atomic E-state index is 0. The van der Waals surface area contributed by atoms with E-state index in [9.17, 15) is 70.8 Å². The van der Waals surface area contributed by atoms with Crippen LogP contribution in [0.5, 0.6) is 5.75 Å². The van der Waals surface area contributed by atoms with E-state index >= 15 is 0 Å². The van der Waals surface area contributed by atoms with Crippen molar-refractivity contribution in [3.8, 4) is 5.75 Å². The number of methoxy groups -OCH3 is 2. The molecule has 2 aliphatic rings. The molecule has 576 valence electrons. The summed E-state index contributed by atoms with van der Waals surface area (Å²) in [7, 11) is -1.56. The van der Waals surface area contributed by atoms with E-state index in [1.807, 2.05) is 32.9 Å². The topological polar surface area (TPSA) is 430 Å². The number of carboxylic acids is 1. The van der Waals surface area contributed by atoms with Gasteiger partial charge in [0.2, 0.25) is 47.3 Å². The molecule has 2 heterocycles. The number of amides is 8. The van der Waals surface area contributed by atoms with Crippen molar-refractivity contribution >= 4 is 86.9 Å². The molecule has 8 amide bonds. The van der Waals surface area contributed by atoms with E-state index in [0.29, 0.717) is 67.8 Å². The number of carboxylic acid groups (broad SMARTS) is 1. The normalized spacial score (nSPS) is 18.9. The van der Waals surface area contributed by atoms with Gasteiger partial charge in [0.1, 0.15) is 36.1 Å². The van der Waals surface area contributed by atoms with Crippen molar-refractivity contribution in [2.45, 2.75) is 168 Å². The number of rotatable bonds is 44. The average Bonchev–Trinajstić information content (AvgIpc) is 1.63. The molecule has 31 nitrogen and oxygen atoms in total. The molecule has 0 radical (unpaired) electrons. The van der Waals surface area contributed by atoms with Gasteiger partial charge in [0.25, 0.3) is 0 Å². The van der Waals surface area contributed by atoms with Crippen molar-refractivity contribution in [3.05, 3.63) is 76.3 Å². The van der Waals surface area contributed by atoms with Crippen LogP contribution >= 0.6 is 11.6 Å². The van der Waals surface area contributed by atoms with Crippen LogP contribution in [0.2, 0.25) is 5.02 Å². The van der Waals surface area contributed by atoms with Crippen LogP contribution in [0, 0.1) is 23.2 Å². The van der Waals surface area contributed by atoms with Gasteiger partial charge >= 0.3 is 47.5 Å². The zero-order valence-electron chi connectivity index (χ0n) is 61.3. The molecule has 2 aromatic carbocycles. The molecule has 2 aliphatic heterocycles. The number of esters is 2. The van der Waals surface area contributed by atoms with Gasteiger partial charge in [-0.3, -0.25) is 47.9 Å². The van der Waals surface area contributed by atoms with Gasteiger partial charge in [-0.15, -0.1) is 0 Å². The number of ether oxygens (including phenoxy) is 8. The summed E-state index contributed by atoms with van der Waals surface area (Å²) in [5, 5.41) is 28.6. The standard InChI is InChI=1S/C70H105ClN8O23S.Na/c1-44(2)39-55-68(90)100-53(14-12-15-58(82)76-52(41-48-18-21-54(96-9)50(71)40-48)66(88)75-43-70(6,7)69(91)101-55)46(5)63-64(102-63)49-19-16-47(17-20-49)42-74-65(87)51(13-10-11-27-72-57(81)26-31-97-34-35-99-37-36-98-33-32-95-8)77-67(89)62(45(3)4)78-59(83)24-29-79(30-25-61(85)86)60(84)23-22-56(80)73-28-38-103(92,93)94;/h12,15-21,40,44-46,51-53,55,62-64H,10-11,13-14,22-39,41-43H2,1-9H3,(H,72,81)(H,73,80)(H,74,87)(H,75,88)(H,76,82)(H,77,89)(H,78,83)(H,85,86)(H,92,93,94);/q;+1/p-1/b15-12-;/t46-,51-,52+,53-,55-,62-,63+,64+;/m0./s1. The molecular formula is C70H104ClN8NaO23S. The van der Waals surface area contributed by atoms with Gasteiger partial charge in [-0.05, 0) is 86.3 Å². The van der Waals surface area contributed by atoms with Crippen LogP contribution in [0.15, 0.2) is 54.6 Å². The number of nitrogens with one attached hydrogen (secondary N) is 7. The largest absolute Gasteiger partial charge is 1.00 e. The number of hydrogen-bond donors (Lipinski definition) is 8. The van der Waals surface area contributed by atoms with Crippen molar-refractivity contribution in [1.82, 2.24) is 42.1 Å². The fraction of sp³-hybridized carbons (Fsp3) is 0.643. The van der Waals surface area contributed by atoms with Gasteiger partial charge in [-0.1, -0.05) is 82.6 Å². The Bertz CT molecular complexity index is 3270. The van der Waals surface area contributed by atoms with Gasteiger partial charge in [-0.25, -0.2) is 13.2 Å².